The van der Waals surface area contributed by atoms with E-state index in [0.29, 0.717) is 10.2 Å². The first-order valence-electron chi connectivity index (χ1n) is 5.78. The number of aromatic hydroxyl groups is 1. The van der Waals surface area contributed by atoms with Gasteiger partial charge < -0.3 is 10.4 Å². The van der Waals surface area contributed by atoms with Gasteiger partial charge in [0.05, 0.1) is 6.04 Å². The molecule has 5 heteroatoms. The fraction of sp³-hybridized carbons (Fsp3) is 0.143. The molecule has 0 aliphatic rings. The van der Waals surface area contributed by atoms with Crippen LogP contribution in [0.25, 0.3) is 0 Å². The Morgan fingerprint density at radius 3 is 2.84 bits per heavy atom. The van der Waals surface area contributed by atoms with Crippen molar-refractivity contribution in [2.75, 3.05) is 0 Å². The van der Waals surface area contributed by atoms with Gasteiger partial charge in [-0.25, -0.2) is 4.98 Å². The smallest absolute Gasteiger partial charge is 0.271 e. The molecule has 0 bridgehead atoms. The fourth-order valence-electron chi connectivity index (χ4n) is 1.70. The molecule has 1 aromatic carbocycles. The van der Waals surface area contributed by atoms with Gasteiger partial charge in [-0.2, -0.15) is 0 Å². The van der Waals surface area contributed by atoms with E-state index in [-0.39, 0.29) is 17.7 Å². The predicted molar refractivity (Wildman–Crippen MR) is 75.9 cm³/mol. The number of nitrogens with zero attached hydrogens (tertiary/aromatic N) is 1. The van der Waals surface area contributed by atoms with Gasteiger partial charge in [0.15, 0.2) is 0 Å². The Morgan fingerprint density at radius 2 is 2.16 bits per heavy atom. The fourth-order valence-corrected chi connectivity index (χ4v) is 2.13. The van der Waals surface area contributed by atoms with E-state index in [1.165, 1.54) is 0 Å². The minimum atomic E-state index is -0.261. The minimum absolute atomic E-state index is 0.178. The van der Waals surface area contributed by atoms with Crippen molar-refractivity contribution in [3.63, 3.8) is 0 Å². The summed E-state index contributed by atoms with van der Waals surface area (Å²) in [6, 6.07) is 10.1. The molecule has 98 valence electrons. The Bertz CT molecular complexity index is 602. The monoisotopic (exact) mass is 320 g/mol. The van der Waals surface area contributed by atoms with Gasteiger partial charge in [-0.05, 0) is 52.7 Å². The Balaban J connectivity index is 2.13. The topological polar surface area (TPSA) is 62.2 Å². The van der Waals surface area contributed by atoms with Crippen molar-refractivity contribution >= 4 is 21.8 Å². The van der Waals surface area contributed by atoms with Crippen molar-refractivity contribution in [3.8, 4) is 5.75 Å². The van der Waals surface area contributed by atoms with Crippen LogP contribution in [0, 0.1) is 0 Å². The van der Waals surface area contributed by atoms with Crippen LogP contribution < -0.4 is 5.32 Å². The number of phenolic OH excluding ortho intramolecular Hbond substituents is 1. The second kappa shape index (κ2) is 5.84. The lowest BCUT2D eigenvalue weighted by Crippen LogP contribution is -2.27. The molecule has 19 heavy (non-hydrogen) atoms. The van der Waals surface area contributed by atoms with Crippen LogP contribution in [0.15, 0.2) is 47.1 Å². The summed E-state index contributed by atoms with van der Waals surface area (Å²) in [5.41, 5.74) is 1.18. The summed E-state index contributed by atoms with van der Waals surface area (Å²) in [6.45, 7) is 1.85. The first kappa shape index (κ1) is 13.5. The third-order valence-electron chi connectivity index (χ3n) is 2.69. The molecule has 0 fully saturated rings. The van der Waals surface area contributed by atoms with E-state index < -0.39 is 0 Å². The molecule has 1 amide bonds. The highest BCUT2D eigenvalue weighted by Gasteiger charge is 2.15. The van der Waals surface area contributed by atoms with Gasteiger partial charge in [-0.1, -0.05) is 12.1 Å². The maximum Gasteiger partial charge on any atom is 0.271 e. The Hall–Kier alpha value is -1.88. The summed E-state index contributed by atoms with van der Waals surface area (Å²) in [6.07, 6.45) is 1.57. The van der Waals surface area contributed by atoms with Crippen LogP contribution in [0.3, 0.4) is 0 Å². The van der Waals surface area contributed by atoms with Crippen LogP contribution in [0.4, 0.5) is 0 Å². The van der Waals surface area contributed by atoms with Gasteiger partial charge in [0, 0.05) is 10.7 Å². The lowest BCUT2D eigenvalue weighted by atomic mass is 10.1. The van der Waals surface area contributed by atoms with Crippen molar-refractivity contribution in [2.24, 2.45) is 0 Å². The van der Waals surface area contributed by atoms with Gasteiger partial charge in [0.2, 0.25) is 0 Å². The number of hydrogen-bond acceptors (Lipinski definition) is 3. The summed E-state index contributed by atoms with van der Waals surface area (Å²) in [7, 11) is 0. The number of carbonyl (C=O) groups excluding carboxylic acids is 1. The number of pyridine rings is 1. The molecule has 0 saturated carbocycles. The molecule has 2 aromatic rings. The van der Waals surface area contributed by atoms with Gasteiger partial charge >= 0.3 is 0 Å². The number of hydrogen-bond donors (Lipinski definition) is 2. The van der Waals surface area contributed by atoms with E-state index >= 15 is 0 Å². The highest BCUT2D eigenvalue weighted by atomic mass is 79.9. The van der Waals surface area contributed by atoms with E-state index in [4.69, 9.17) is 0 Å². The van der Waals surface area contributed by atoms with E-state index in [0.717, 1.165) is 5.56 Å². The number of carbonyl (C=O) groups is 1. The van der Waals surface area contributed by atoms with Crippen molar-refractivity contribution in [2.45, 2.75) is 13.0 Å². The predicted octanol–water partition coefficient (Wildman–Crippen LogP) is 3.04. The van der Waals surface area contributed by atoms with E-state index in [9.17, 15) is 9.90 Å². The molecule has 0 saturated heterocycles. The number of rotatable bonds is 3. The van der Waals surface area contributed by atoms with Crippen molar-refractivity contribution in [1.29, 1.82) is 0 Å². The molecule has 0 aliphatic carbocycles. The van der Waals surface area contributed by atoms with Crippen LogP contribution in [-0.4, -0.2) is 16.0 Å². The maximum atomic E-state index is 12.1. The third kappa shape index (κ3) is 3.32. The van der Waals surface area contributed by atoms with E-state index in [1.54, 1.807) is 36.5 Å². The van der Waals surface area contributed by atoms with Crippen molar-refractivity contribution < 1.29 is 9.90 Å². The molecule has 1 atom stereocenters. The summed E-state index contributed by atoms with van der Waals surface area (Å²) in [4.78, 5) is 16.1. The number of halogens is 1. The van der Waals surface area contributed by atoms with Crippen LogP contribution in [0.5, 0.6) is 5.75 Å². The molecular weight excluding hydrogens is 308 g/mol. The van der Waals surface area contributed by atoms with Crippen LogP contribution in [0.2, 0.25) is 0 Å². The van der Waals surface area contributed by atoms with Crippen LogP contribution in [0.1, 0.15) is 29.0 Å². The number of nitrogens with one attached hydrogen (secondary N) is 1. The zero-order valence-electron chi connectivity index (χ0n) is 10.3. The first-order chi connectivity index (χ1) is 9.08. The van der Waals surface area contributed by atoms with Gasteiger partial charge in [-0.3, -0.25) is 4.79 Å². The van der Waals surface area contributed by atoms with E-state index in [2.05, 4.69) is 26.2 Å². The zero-order valence-corrected chi connectivity index (χ0v) is 11.9. The van der Waals surface area contributed by atoms with Gasteiger partial charge in [0.25, 0.3) is 5.91 Å². The molecule has 2 N–H and O–H groups in total. The molecule has 2 rings (SSSR count). The van der Waals surface area contributed by atoms with Crippen LogP contribution in [-0.2, 0) is 0 Å². The molecule has 0 spiro atoms. The molecule has 1 aromatic heterocycles. The highest BCUT2D eigenvalue weighted by Crippen LogP contribution is 2.19. The lowest BCUT2D eigenvalue weighted by Gasteiger charge is -2.14. The summed E-state index contributed by atoms with van der Waals surface area (Å²) in [5.74, 6) is -0.0825. The largest absolute Gasteiger partial charge is 0.508 e. The number of benzene rings is 1. The average molecular weight is 321 g/mol. The normalized spacial score (nSPS) is 11.9. The number of amides is 1. The molecule has 4 nitrogen and oxygen atoms in total. The highest BCUT2D eigenvalue weighted by molar-refractivity contribution is 9.10. The van der Waals surface area contributed by atoms with E-state index in [1.807, 2.05) is 13.0 Å². The Labute approximate surface area is 119 Å². The minimum Gasteiger partial charge on any atom is -0.508 e. The first-order valence-corrected chi connectivity index (χ1v) is 6.57. The lowest BCUT2D eigenvalue weighted by molar-refractivity contribution is 0.0934. The number of phenols is 1. The zero-order chi connectivity index (χ0) is 13.8. The molecular formula is C14H13BrN2O2. The van der Waals surface area contributed by atoms with Crippen LogP contribution >= 0.6 is 15.9 Å². The van der Waals surface area contributed by atoms with Crippen molar-refractivity contribution in [1.82, 2.24) is 10.3 Å². The quantitative estimate of drug-likeness (QED) is 0.913. The molecule has 0 radical (unpaired) electrons. The summed E-state index contributed by atoms with van der Waals surface area (Å²) < 4.78 is 0.649. The second-order valence-electron chi connectivity index (χ2n) is 4.12. The third-order valence-corrected chi connectivity index (χ3v) is 3.33. The molecule has 0 aliphatic heterocycles. The standard InChI is InChI=1S/C14H13BrN2O2/c1-9(10-4-2-5-11(18)8-10)17-14(19)13-12(15)6-3-7-16-13/h2-9,18H,1H3,(H,17,19). The Morgan fingerprint density at radius 1 is 1.37 bits per heavy atom. The summed E-state index contributed by atoms with van der Waals surface area (Å²) in [5, 5.41) is 12.3. The second-order valence-corrected chi connectivity index (χ2v) is 4.98. The molecule has 1 heterocycles. The van der Waals surface area contributed by atoms with Gasteiger partial charge in [-0.15, -0.1) is 0 Å². The Kier molecular flexibility index (Phi) is 4.16. The van der Waals surface area contributed by atoms with Gasteiger partial charge in [0.1, 0.15) is 11.4 Å². The maximum absolute atomic E-state index is 12.1. The average Bonchev–Trinajstić information content (AvgIpc) is 2.39. The van der Waals surface area contributed by atoms with Crippen molar-refractivity contribution in [3.05, 3.63) is 58.3 Å². The molecule has 1 unspecified atom stereocenters. The summed E-state index contributed by atoms with van der Waals surface area (Å²) >= 11 is 3.29. The number of aromatic nitrogens is 1. The SMILES string of the molecule is CC(NC(=O)c1ncccc1Br)c1cccc(O)c1.